The highest BCUT2D eigenvalue weighted by Gasteiger charge is 2.22. The molecule has 0 spiro atoms. The molecule has 1 aromatic carbocycles. The second-order valence-electron chi connectivity index (χ2n) is 7.98. The van der Waals surface area contributed by atoms with Crippen molar-refractivity contribution in [1.29, 1.82) is 0 Å². The second kappa shape index (κ2) is 10.8. The van der Waals surface area contributed by atoms with Gasteiger partial charge in [0, 0.05) is 26.7 Å². The van der Waals surface area contributed by atoms with Crippen LogP contribution in [-0.2, 0) is 20.8 Å². The zero-order valence-electron chi connectivity index (χ0n) is 16.6. The summed E-state index contributed by atoms with van der Waals surface area (Å²) in [5, 5.41) is 0. The molecule has 27 heavy (non-hydrogen) atoms. The van der Waals surface area contributed by atoms with E-state index in [1.165, 1.54) is 12.0 Å². The van der Waals surface area contributed by atoms with Crippen molar-refractivity contribution >= 4 is 5.91 Å². The Morgan fingerprint density at radius 3 is 2.67 bits per heavy atom. The van der Waals surface area contributed by atoms with Crippen LogP contribution in [0, 0.1) is 5.92 Å². The van der Waals surface area contributed by atoms with Gasteiger partial charge in [-0.3, -0.25) is 9.69 Å². The first-order valence-corrected chi connectivity index (χ1v) is 10.4. The Morgan fingerprint density at radius 2 is 1.96 bits per heavy atom. The number of rotatable bonds is 8. The summed E-state index contributed by atoms with van der Waals surface area (Å²) in [6, 6.07) is 10.7. The molecule has 5 nitrogen and oxygen atoms in total. The predicted molar refractivity (Wildman–Crippen MR) is 106 cm³/mol. The Balaban J connectivity index is 1.30. The van der Waals surface area contributed by atoms with Crippen LogP contribution in [0.3, 0.4) is 0 Å². The van der Waals surface area contributed by atoms with Gasteiger partial charge in [-0.15, -0.1) is 0 Å². The first-order valence-electron chi connectivity index (χ1n) is 10.4. The molecule has 1 atom stereocenters. The molecule has 0 aromatic heterocycles. The molecule has 2 fully saturated rings. The van der Waals surface area contributed by atoms with E-state index in [1.54, 1.807) is 0 Å². The number of likely N-dealkylation sites (tertiary alicyclic amines) is 1. The number of piperidine rings is 1. The monoisotopic (exact) mass is 374 g/mol. The molecule has 0 saturated carbocycles. The lowest BCUT2D eigenvalue weighted by Crippen LogP contribution is -2.40. The molecule has 1 aromatic rings. The fraction of sp³-hybridized carbons (Fsp3) is 0.682. The quantitative estimate of drug-likeness (QED) is 0.702. The molecule has 2 saturated heterocycles. The van der Waals surface area contributed by atoms with E-state index in [1.807, 2.05) is 11.9 Å². The number of carbonyl (C=O) groups excluding carboxylic acids is 1. The third kappa shape index (κ3) is 6.91. The first kappa shape index (κ1) is 20.3. The molecule has 150 valence electrons. The van der Waals surface area contributed by atoms with Crippen molar-refractivity contribution in [2.75, 3.05) is 46.5 Å². The van der Waals surface area contributed by atoms with E-state index in [0.717, 1.165) is 58.5 Å². The Morgan fingerprint density at radius 1 is 1.19 bits per heavy atom. The summed E-state index contributed by atoms with van der Waals surface area (Å²) >= 11 is 0. The van der Waals surface area contributed by atoms with Crippen molar-refractivity contribution in [2.45, 2.75) is 44.8 Å². The zero-order chi connectivity index (χ0) is 18.9. The first-order chi connectivity index (χ1) is 13.2. The van der Waals surface area contributed by atoms with Gasteiger partial charge < -0.3 is 14.4 Å². The van der Waals surface area contributed by atoms with Crippen LogP contribution in [0.15, 0.2) is 30.3 Å². The number of carbonyl (C=O) groups is 1. The summed E-state index contributed by atoms with van der Waals surface area (Å²) in [6.45, 7) is 5.61. The van der Waals surface area contributed by atoms with E-state index in [-0.39, 0.29) is 18.6 Å². The van der Waals surface area contributed by atoms with E-state index >= 15 is 0 Å². The Hall–Kier alpha value is -1.43. The molecule has 0 aliphatic carbocycles. The van der Waals surface area contributed by atoms with E-state index in [2.05, 4.69) is 35.2 Å². The molecule has 0 radical (unpaired) electrons. The topological polar surface area (TPSA) is 42.0 Å². The highest BCUT2D eigenvalue weighted by atomic mass is 16.5. The number of benzene rings is 1. The SMILES string of the molecule is CN(CC1CCN(Cc2ccccc2)CC1)C(=O)COCC1CCCCO1. The van der Waals surface area contributed by atoms with Crippen molar-refractivity contribution < 1.29 is 14.3 Å². The molecule has 0 N–H and O–H groups in total. The fourth-order valence-corrected chi connectivity index (χ4v) is 3.98. The van der Waals surface area contributed by atoms with E-state index < -0.39 is 0 Å². The smallest absolute Gasteiger partial charge is 0.248 e. The highest BCUT2D eigenvalue weighted by Crippen LogP contribution is 2.20. The molecular weight excluding hydrogens is 340 g/mol. The number of hydrogen-bond donors (Lipinski definition) is 0. The summed E-state index contributed by atoms with van der Waals surface area (Å²) in [5.41, 5.74) is 1.38. The summed E-state index contributed by atoms with van der Waals surface area (Å²) in [6.07, 6.45) is 5.87. The summed E-state index contributed by atoms with van der Waals surface area (Å²) < 4.78 is 11.2. The Kier molecular flexibility index (Phi) is 8.11. The van der Waals surface area contributed by atoms with Gasteiger partial charge in [-0.05, 0) is 56.7 Å². The van der Waals surface area contributed by atoms with Gasteiger partial charge in [0.1, 0.15) is 6.61 Å². The van der Waals surface area contributed by atoms with Crippen molar-refractivity contribution in [3.63, 3.8) is 0 Å². The maximum atomic E-state index is 12.3. The van der Waals surface area contributed by atoms with Gasteiger partial charge in [0.15, 0.2) is 0 Å². The molecular formula is C22H34N2O3. The standard InChI is InChI=1S/C22H34N2O3/c1-23(22(25)18-26-17-21-9-5-6-14-27-21)15-20-10-12-24(13-11-20)16-19-7-3-2-4-8-19/h2-4,7-8,20-21H,5-6,9-18H2,1H3. The number of likely N-dealkylation sites (N-methyl/N-ethyl adjacent to an activating group) is 1. The Labute approximate surface area is 163 Å². The van der Waals surface area contributed by atoms with Crippen molar-refractivity contribution in [2.24, 2.45) is 5.92 Å². The lowest BCUT2D eigenvalue weighted by molar-refractivity contribution is -0.137. The van der Waals surface area contributed by atoms with Gasteiger partial charge in [-0.25, -0.2) is 0 Å². The van der Waals surface area contributed by atoms with E-state index in [0.29, 0.717) is 12.5 Å². The predicted octanol–water partition coefficient (Wildman–Crippen LogP) is 2.94. The van der Waals surface area contributed by atoms with Crippen LogP contribution >= 0.6 is 0 Å². The van der Waals surface area contributed by atoms with Crippen LogP contribution < -0.4 is 0 Å². The lowest BCUT2D eigenvalue weighted by atomic mass is 9.96. The lowest BCUT2D eigenvalue weighted by Gasteiger charge is -2.34. The maximum Gasteiger partial charge on any atom is 0.248 e. The largest absolute Gasteiger partial charge is 0.376 e. The zero-order valence-corrected chi connectivity index (χ0v) is 16.6. The average Bonchev–Trinajstić information content (AvgIpc) is 2.71. The third-order valence-corrected chi connectivity index (χ3v) is 5.72. The second-order valence-corrected chi connectivity index (χ2v) is 7.98. The fourth-order valence-electron chi connectivity index (χ4n) is 3.98. The molecule has 2 heterocycles. The molecule has 0 bridgehead atoms. The number of hydrogen-bond acceptors (Lipinski definition) is 4. The minimum absolute atomic E-state index is 0.0810. The van der Waals surface area contributed by atoms with Gasteiger partial charge in [-0.2, -0.15) is 0 Å². The van der Waals surface area contributed by atoms with Gasteiger partial charge in [-0.1, -0.05) is 30.3 Å². The van der Waals surface area contributed by atoms with Gasteiger partial charge in [0.2, 0.25) is 5.91 Å². The van der Waals surface area contributed by atoms with Crippen molar-refractivity contribution in [1.82, 2.24) is 9.80 Å². The van der Waals surface area contributed by atoms with Gasteiger partial charge in [0.05, 0.1) is 12.7 Å². The van der Waals surface area contributed by atoms with Crippen LogP contribution in [0.5, 0.6) is 0 Å². The van der Waals surface area contributed by atoms with Gasteiger partial charge >= 0.3 is 0 Å². The van der Waals surface area contributed by atoms with Crippen molar-refractivity contribution in [3.8, 4) is 0 Å². The summed E-state index contributed by atoms with van der Waals surface area (Å²) in [7, 11) is 1.90. The minimum atomic E-state index is 0.0810. The normalized spacial score (nSPS) is 21.9. The van der Waals surface area contributed by atoms with Crippen LogP contribution in [-0.4, -0.2) is 68.3 Å². The molecule has 2 aliphatic heterocycles. The number of amides is 1. The average molecular weight is 375 g/mol. The van der Waals surface area contributed by atoms with Crippen molar-refractivity contribution in [3.05, 3.63) is 35.9 Å². The van der Waals surface area contributed by atoms with Gasteiger partial charge in [0.25, 0.3) is 0 Å². The number of nitrogens with zero attached hydrogens (tertiary/aromatic N) is 2. The van der Waals surface area contributed by atoms with Crippen LogP contribution in [0.1, 0.15) is 37.7 Å². The maximum absolute atomic E-state index is 12.3. The molecule has 1 amide bonds. The third-order valence-electron chi connectivity index (χ3n) is 5.72. The van der Waals surface area contributed by atoms with Crippen LogP contribution in [0.25, 0.3) is 0 Å². The Bertz CT molecular complexity index is 552. The van der Waals surface area contributed by atoms with E-state index in [9.17, 15) is 4.79 Å². The molecule has 2 aliphatic rings. The minimum Gasteiger partial charge on any atom is -0.376 e. The molecule has 1 unspecified atom stereocenters. The van der Waals surface area contributed by atoms with Crippen LogP contribution in [0.2, 0.25) is 0 Å². The number of ether oxygens (including phenoxy) is 2. The molecule has 5 heteroatoms. The summed E-state index contributed by atoms with van der Waals surface area (Å²) in [4.78, 5) is 16.7. The molecule has 3 rings (SSSR count). The highest BCUT2D eigenvalue weighted by molar-refractivity contribution is 5.77. The van der Waals surface area contributed by atoms with Crippen LogP contribution in [0.4, 0.5) is 0 Å². The van der Waals surface area contributed by atoms with E-state index in [4.69, 9.17) is 9.47 Å². The summed E-state index contributed by atoms with van der Waals surface area (Å²) in [5.74, 6) is 0.671.